The van der Waals surface area contributed by atoms with Crippen LogP contribution in [-0.2, 0) is 6.42 Å². The molecular formula is C29H26ClNO4. The number of hydrogen-bond acceptors (Lipinski definition) is 4. The molecular weight excluding hydrogens is 462 g/mol. The summed E-state index contributed by atoms with van der Waals surface area (Å²) in [5.74, 6) is 0.479. The normalized spacial score (nSPS) is 15.0. The molecule has 1 amide bonds. The summed E-state index contributed by atoms with van der Waals surface area (Å²) in [6.45, 7) is 4.84. The van der Waals surface area contributed by atoms with Crippen molar-refractivity contribution in [1.82, 2.24) is 0 Å². The maximum atomic E-state index is 13.7. The van der Waals surface area contributed by atoms with Gasteiger partial charge in [-0.25, -0.2) is 0 Å². The molecule has 1 atom stereocenters. The highest BCUT2D eigenvalue weighted by molar-refractivity contribution is 6.31. The number of amides is 1. The number of unbranched alkanes of at least 4 members (excludes halogenated alkanes) is 1. The maximum absolute atomic E-state index is 13.7. The van der Waals surface area contributed by atoms with Crippen molar-refractivity contribution in [2.45, 2.75) is 39.2 Å². The van der Waals surface area contributed by atoms with Crippen LogP contribution in [0.4, 0.5) is 5.69 Å². The average molecular weight is 488 g/mol. The highest BCUT2D eigenvalue weighted by Gasteiger charge is 2.43. The van der Waals surface area contributed by atoms with Crippen molar-refractivity contribution in [3.8, 4) is 5.75 Å². The van der Waals surface area contributed by atoms with Crippen molar-refractivity contribution >= 4 is 34.2 Å². The van der Waals surface area contributed by atoms with E-state index in [1.165, 1.54) is 0 Å². The predicted molar refractivity (Wildman–Crippen MR) is 139 cm³/mol. The van der Waals surface area contributed by atoms with E-state index in [1.807, 2.05) is 48.5 Å². The van der Waals surface area contributed by atoms with Gasteiger partial charge < -0.3 is 9.15 Å². The second kappa shape index (κ2) is 9.59. The molecule has 3 aromatic carbocycles. The van der Waals surface area contributed by atoms with Crippen molar-refractivity contribution in [1.29, 1.82) is 0 Å². The van der Waals surface area contributed by atoms with Gasteiger partial charge in [-0.1, -0.05) is 56.1 Å². The van der Waals surface area contributed by atoms with E-state index in [-0.39, 0.29) is 17.1 Å². The minimum atomic E-state index is -0.630. The van der Waals surface area contributed by atoms with Gasteiger partial charge in [-0.05, 0) is 66.4 Å². The Morgan fingerprint density at radius 3 is 2.40 bits per heavy atom. The molecule has 178 valence electrons. The molecule has 6 heteroatoms. The number of ether oxygens (including phenoxy) is 1. The van der Waals surface area contributed by atoms with E-state index < -0.39 is 6.04 Å². The van der Waals surface area contributed by atoms with Crippen molar-refractivity contribution in [2.24, 2.45) is 0 Å². The summed E-state index contributed by atoms with van der Waals surface area (Å²) < 4.78 is 11.8. The molecule has 1 unspecified atom stereocenters. The predicted octanol–water partition coefficient (Wildman–Crippen LogP) is 6.94. The number of hydrogen-bond donors (Lipinski definition) is 0. The number of rotatable bonds is 7. The van der Waals surface area contributed by atoms with Crippen molar-refractivity contribution in [3.63, 3.8) is 0 Å². The number of carbonyl (C=O) groups is 1. The minimum absolute atomic E-state index is 0.0673. The zero-order valence-corrected chi connectivity index (χ0v) is 20.5. The first-order chi connectivity index (χ1) is 17.0. The zero-order valence-electron chi connectivity index (χ0n) is 19.7. The molecule has 1 aliphatic heterocycles. The van der Waals surface area contributed by atoms with E-state index in [0.717, 1.165) is 36.1 Å². The first kappa shape index (κ1) is 23.2. The van der Waals surface area contributed by atoms with E-state index in [4.69, 9.17) is 20.8 Å². The van der Waals surface area contributed by atoms with Crippen LogP contribution in [0.3, 0.4) is 0 Å². The van der Waals surface area contributed by atoms with Gasteiger partial charge in [0.25, 0.3) is 5.91 Å². The molecule has 1 aliphatic rings. The minimum Gasteiger partial charge on any atom is -0.494 e. The molecule has 0 saturated heterocycles. The van der Waals surface area contributed by atoms with Crippen LogP contribution < -0.4 is 15.1 Å². The summed E-state index contributed by atoms with van der Waals surface area (Å²) in [7, 11) is 0. The fraction of sp³-hybridized carbons (Fsp3) is 0.241. The summed E-state index contributed by atoms with van der Waals surface area (Å²) in [6.07, 6.45) is 2.92. The average Bonchev–Trinajstić information content (AvgIpc) is 3.17. The summed E-state index contributed by atoms with van der Waals surface area (Å²) in [6, 6.07) is 19.6. The van der Waals surface area contributed by atoms with Gasteiger partial charge in [-0.3, -0.25) is 14.5 Å². The highest BCUT2D eigenvalue weighted by atomic mass is 35.5. The molecule has 35 heavy (non-hydrogen) atoms. The van der Waals surface area contributed by atoms with Crippen LogP contribution in [0.15, 0.2) is 75.9 Å². The highest BCUT2D eigenvalue weighted by Crippen LogP contribution is 2.41. The second-order valence-corrected chi connectivity index (χ2v) is 9.12. The molecule has 5 rings (SSSR count). The van der Waals surface area contributed by atoms with Gasteiger partial charge in [0, 0.05) is 10.7 Å². The molecule has 0 N–H and O–H groups in total. The quantitative estimate of drug-likeness (QED) is 0.265. The number of carbonyl (C=O) groups excluding carboxylic acids is 1. The van der Waals surface area contributed by atoms with Gasteiger partial charge in [0.05, 0.1) is 23.6 Å². The Labute approximate surface area is 208 Å². The van der Waals surface area contributed by atoms with E-state index in [2.05, 4.69) is 13.8 Å². The summed E-state index contributed by atoms with van der Waals surface area (Å²) in [5, 5.41) is 0.794. The molecule has 5 nitrogen and oxygen atoms in total. The molecule has 0 fully saturated rings. The standard InChI is InChI=1S/C29H26ClNO4/c1-3-5-16-34-22-13-8-19(9-14-22)26-25-27(32)23-17-20(30)10-15-24(23)35-28(25)29(33)31(26)21-11-6-18(4-2)7-12-21/h6-15,17,26H,3-5,16H2,1-2H3. The summed E-state index contributed by atoms with van der Waals surface area (Å²) in [4.78, 5) is 29.0. The SMILES string of the molecule is CCCCOc1ccc(C2c3c(oc4ccc(Cl)cc4c3=O)C(=O)N2c2ccc(CC)cc2)cc1. The van der Waals surface area contributed by atoms with Gasteiger partial charge in [0.1, 0.15) is 11.3 Å². The van der Waals surface area contributed by atoms with E-state index in [0.29, 0.717) is 33.8 Å². The second-order valence-electron chi connectivity index (χ2n) is 8.68. The Balaban J connectivity index is 1.66. The monoisotopic (exact) mass is 487 g/mol. The first-order valence-corrected chi connectivity index (χ1v) is 12.3. The van der Waals surface area contributed by atoms with Crippen molar-refractivity contribution in [2.75, 3.05) is 11.5 Å². The molecule has 4 aromatic rings. The Morgan fingerprint density at radius 2 is 1.71 bits per heavy atom. The van der Waals surface area contributed by atoms with Gasteiger partial charge in [0.15, 0.2) is 5.43 Å². The Hall–Kier alpha value is -3.57. The maximum Gasteiger partial charge on any atom is 0.295 e. The topological polar surface area (TPSA) is 59.8 Å². The van der Waals surface area contributed by atoms with Crippen LogP contribution in [0, 0.1) is 0 Å². The molecule has 2 heterocycles. The van der Waals surface area contributed by atoms with Crippen LogP contribution in [0.2, 0.25) is 5.02 Å². The Morgan fingerprint density at radius 1 is 0.971 bits per heavy atom. The lowest BCUT2D eigenvalue weighted by Gasteiger charge is -2.25. The first-order valence-electron chi connectivity index (χ1n) is 11.9. The number of fused-ring (bicyclic) bond motifs is 2. The summed E-state index contributed by atoms with van der Waals surface area (Å²) in [5.41, 5.74) is 3.08. The lowest BCUT2D eigenvalue weighted by Crippen LogP contribution is -2.29. The van der Waals surface area contributed by atoms with Crippen molar-refractivity contribution in [3.05, 3.63) is 104 Å². The number of aryl methyl sites for hydroxylation is 1. The van der Waals surface area contributed by atoms with Crippen LogP contribution in [-0.4, -0.2) is 12.5 Å². The third-order valence-corrected chi connectivity index (χ3v) is 6.65. The van der Waals surface area contributed by atoms with Crippen LogP contribution in [0.5, 0.6) is 5.75 Å². The number of anilines is 1. The van der Waals surface area contributed by atoms with E-state index in [9.17, 15) is 9.59 Å². The lowest BCUT2D eigenvalue weighted by atomic mass is 9.98. The zero-order chi connectivity index (χ0) is 24.5. The summed E-state index contributed by atoms with van der Waals surface area (Å²) >= 11 is 6.17. The molecule has 0 radical (unpaired) electrons. The number of halogens is 1. The number of benzene rings is 3. The largest absolute Gasteiger partial charge is 0.494 e. The molecule has 1 aromatic heterocycles. The van der Waals surface area contributed by atoms with Gasteiger partial charge in [0.2, 0.25) is 5.76 Å². The third kappa shape index (κ3) is 4.21. The molecule has 0 spiro atoms. The smallest absolute Gasteiger partial charge is 0.295 e. The molecule has 0 bridgehead atoms. The van der Waals surface area contributed by atoms with Gasteiger partial charge >= 0.3 is 0 Å². The third-order valence-electron chi connectivity index (χ3n) is 6.42. The van der Waals surface area contributed by atoms with E-state index in [1.54, 1.807) is 23.1 Å². The van der Waals surface area contributed by atoms with Crippen molar-refractivity contribution < 1.29 is 13.9 Å². The van der Waals surface area contributed by atoms with Gasteiger partial charge in [-0.2, -0.15) is 0 Å². The van der Waals surface area contributed by atoms with Crippen LogP contribution in [0.1, 0.15) is 60.0 Å². The lowest BCUT2D eigenvalue weighted by molar-refractivity contribution is 0.0971. The molecule has 0 saturated carbocycles. The van der Waals surface area contributed by atoms with Crippen LogP contribution in [0.25, 0.3) is 11.0 Å². The Kier molecular flexibility index (Phi) is 6.35. The number of nitrogens with zero attached hydrogens (tertiary/aromatic N) is 1. The fourth-order valence-corrected chi connectivity index (χ4v) is 4.67. The fourth-order valence-electron chi connectivity index (χ4n) is 4.50. The molecule has 0 aliphatic carbocycles. The van der Waals surface area contributed by atoms with Gasteiger partial charge in [-0.15, -0.1) is 0 Å². The van der Waals surface area contributed by atoms with Crippen LogP contribution >= 0.6 is 11.6 Å². The Bertz CT molecular complexity index is 1440. The van der Waals surface area contributed by atoms with E-state index >= 15 is 0 Å².